The van der Waals surface area contributed by atoms with Crippen molar-refractivity contribution >= 4 is 22.5 Å². The number of aryl methyl sites for hydroxylation is 1. The standard InChI is InChI=1S/C13H10ClF3N4O/c1-7-2-10(14)19-9-5-21(12(22)11(7)9)8-3-18-20(4-8)6-13(15,16)17/h2-5,22H,6H2,1H3. The quantitative estimate of drug-likeness (QED) is 0.732. The molecule has 0 aliphatic carbocycles. The number of rotatable bonds is 2. The Bertz CT molecular complexity index is 853. The fraction of sp³-hybridized carbons (Fsp3) is 0.231. The van der Waals surface area contributed by atoms with E-state index in [4.69, 9.17) is 11.6 Å². The lowest BCUT2D eigenvalue weighted by atomic mass is 10.2. The second-order valence-corrected chi connectivity index (χ2v) is 5.24. The van der Waals surface area contributed by atoms with Gasteiger partial charge in [0, 0.05) is 12.4 Å². The fourth-order valence-electron chi connectivity index (χ4n) is 2.29. The van der Waals surface area contributed by atoms with Gasteiger partial charge in [-0.15, -0.1) is 0 Å². The molecule has 22 heavy (non-hydrogen) atoms. The first kappa shape index (κ1) is 14.7. The van der Waals surface area contributed by atoms with Crippen molar-refractivity contribution < 1.29 is 18.3 Å². The van der Waals surface area contributed by atoms with E-state index in [1.54, 1.807) is 13.0 Å². The molecule has 0 aromatic carbocycles. The van der Waals surface area contributed by atoms with E-state index in [-0.39, 0.29) is 11.0 Å². The molecule has 0 fully saturated rings. The maximum atomic E-state index is 12.4. The Balaban J connectivity index is 2.07. The molecule has 0 saturated carbocycles. The average molecular weight is 331 g/mol. The largest absolute Gasteiger partial charge is 0.494 e. The number of hydrogen-bond acceptors (Lipinski definition) is 3. The van der Waals surface area contributed by atoms with Gasteiger partial charge in [0.05, 0.1) is 22.8 Å². The molecule has 5 nitrogen and oxygen atoms in total. The van der Waals surface area contributed by atoms with Gasteiger partial charge in [-0.25, -0.2) is 4.98 Å². The van der Waals surface area contributed by atoms with Crippen LogP contribution in [0.5, 0.6) is 5.88 Å². The van der Waals surface area contributed by atoms with Gasteiger partial charge in [0.1, 0.15) is 11.7 Å². The lowest BCUT2D eigenvalue weighted by Crippen LogP contribution is -2.17. The normalized spacial score (nSPS) is 12.2. The third-order valence-electron chi connectivity index (χ3n) is 3.16. The van der Waals surface area contributed by atoms with Gasteiger partial charge < -0.3 is 5.11 Å². The number of halogens is 4. The molecule has 0 atom stereocenters. The lowest BCUT2D eigenvalue weighted by molar-refractivity contribution is -0.142. The molecule has 0 unspecified atom stereocenters. The molecular formula is C13H10ClF3N4O. The number of nitrogens with zero attached hydrogens (tertiary/aromatic N) is 4. The highest BCUT2D eigenvalue weighted by Crippen LogP contribution is 2.32. The third-order valence-corrected chi connectivity index (χ3v) is 3.35. The first-order chi connectivity index (χ1) is 10.2. The van der Waals surface area contributed by atoms with Crippen molar-refractivity contribution in [3.05, 3.63) is 35.4 Å². The summed E-state index contributed by atoms with van der Waals surface area (Å²) in [6.45, 7) is 0.560. The summed E-state index contributed by atoms with van der Waals surface area (Å²) < 4.78 is 39.1. The van der Waals surface area contributed by atoms with Crippen LogP contribution in [0.15, 0.2) is 24.7 Å². The summed E-state index contributed by atoms with van der Waals surface area (Å²) in [7, 11) is 0. The Labute approximate surface area is 127 Å². The Kier molecular flexibility index (Phi) is 3.28. The minimum atomic E-state index is -4.36. The first-order valence-electron chi connectivity index (χ1n) is 6.21. The highest BCUT2D eigenvalue weighted by Gasteiger charge is 2.28. The maximum absolute atomic E-state index is 12.4. The Morgan fingerprint density at radius 2 is 2.05 bits per heavy atom. The van der Waals surface area contributed by atoms with E-state index >= 15 is 0 Å². The van der Waals surface area contributed by atoms with Gasteiger partial charge in [0.15, 0.2) is 0 Å². The molecule has 3 rings (SSSR count). The predicted molar refractivity (Wildman–Crippen MR) is 74.3 cm³/mol. The zero-order chi connectivity index (χ0) is 16.1. The van der Waals surface area contributed by atoms with Crippen LogP contribution < -0.4 is 0 Å². The Morgan fingerprint density at radius 3 is 2.73 bits per heavy atom. The van der Waals surface area contributed by atoms with E-state index in [1.807, 2.05) is 0 Å². The molecule has 116 valence electrons. The van der Waals surface area contributed by atoms with Crippen LogP contribution in [0, 0.1) is 6.92 Å². The molecule has 3 aromatic heterocycles. The van der Waals surface area contributed by atoms with Gasteiger partial charge in [-0.1, -0.05) is 11.6 Å². The molecule has 0 aliphatic rings. The van der Waals surface area contributed by atoms with Crippen molar-refractivity contribution in [3.63, 3.8) is 0 Å². The monoisotopic (exact) mass is 330 g/mol. The van der Waals surface area contributed by atoms with E-state index in [9.17, 15) is 18.3 Å². The summed E-state index contributed by atoms with van der Waals surface area (Å²) >= 11 is 5.86. The third kappa shape index (κ3) is 2.61. The summed E-state index contributed by atoms with van der Waals surface area (Å²) in [6, 6.07) is 1.60. The van der Waals surface area contributed by atoms with Crippen molar-refractivity contribution in [1.82, 2.24) is 19.3 Å². The van der Waals surface area contributed by atoms with Crippen molar-refractivity contribution in [2.45, 2.75) is 19.6 Å². The molecule has 3 aromatic rings. The molecule has 0 bridgehead atoms. The Morgan fingerprint density at radius 1 is 1.32 bits per heavy atom. The number of pyridine rings is 1. The van der Waals surface area contributed by atoms with E-state index in [0.717, 1.165) is 4.68 Å². The van der Waals surface area contributed by atoms with E-state index in [2.05, 4.69) is 10.1 Å². The second kappa shape index (κ2) is 4.91. The first-order valence-corrected chi connectivity index (χ1v) is 6.59. The van der Waals surface area contributed by atoms with Gasteiger partial charge in [-0.3, -0.25) is 9.25 Å². The number of hydrogen-bond donors (Lipinski definition) is 1. The summed E-state index contributed by atoms with van der Waals surface area (Å²) in [5.41, 5.74) is 1.47. The molecular weight excluding hydrogens is 321 g/mol. The van der Waals surface area contributed by atoms with Crippen molar-refractivity contribution in [1.29, 1.82) is 0 Å². The van der Waals surface area contributed by atoms with Crippen LogP contribution in [-0.2, 0) is 6.54 Å². The minimum absolute atomic E-state index is 0.122. The highest BCUT2D eigenvalue weighted by atomic mass is 35.5. The van der Waals surface area contributed by atoms with Crippen LogP contribution in [0.1, 0.15) is 5.56 Å². The summed E-state index contributed by atoms with van der Waals surface area (Å²) in [6.07, 6.45) is -0.429. The summed E-state index contributed by atoms with van der Waals surface area (Å²) in [4.78, 5) is 4.09. The van der Waals surface area contributed by atoms with Crippen LogP contribution in [0.4, 0.5) is 13.2 Å². The van der Waals surface area contributed by atoms with Crippen LogP contribution in [-0.4, -0.2) is 30.6 Å². The van der Waals surface area contributed by atoms with E-state index in [0.29, 0.717) is 22.2 Å². The number of aromatic hydroxyl groups is 1. The van der Waals surface area contributed by atoms with Gasteiger partial charge in [0.2, 0.25) is 5.88 Å². The van der Waals surface area contributed by atoms with Crippen molar-refractivity contribution in [2.75, 3.05) is 0 Å². The van der Waals surface area contributed by atoms with E-state index in [1.165, 1.54) is 23.2 Å². The molecule has 0 aliphatic heterocycles. The number of fused-ring (bicyclic) bond motifs is 1. The van der Waals surface area contributed by atoms with Crippen LogP contribution in [0.25, 0.3) is 16.6 Å². The topological polar surface area (TPSA) is 55.9 Å². The van der Waals surface area contributed by atoms with Crippen molar-refractivity contribution in [2.24, 2.45) is 0 Å². The summed E-state index contributed by atoms with van der Waals surface area (Å²) in [5.74, 6) is -0.122. The van der Waals surface area contributed by atoms with Gasteiger partial charge in [-0.05, 0) is 18.6 Å². The molecule has 3 heterocycles. The zero-order valence-corrected chi connectivity index (χ0v) is 12.0. The molecule has 0 spiro atoms. The van der Waals surface area contributed by atoms with Gasteiger partial charge in [-0.2, -0.15) is 18.3 Å². The van der Waals surface area contributed by atoms with Gasteiger partial charge in [0.25, 0.3) is 0 Å². The SMILES string of the molecule is Cc1cc(Cl)nc2cn(-c3cnn(CC(F)(F)F)c3)c(O)c12. The summed E-state index contributed by atoms with van der Waals surface area (Å²) in [5, 5.41) is 14.7. The maximum Gasteiger partial charge on any atom is 0.408 e. The number of aromatic nitrogens is 4. The highest BCUT2D eigenvalue weighted by molar-refractivity contribution is 6.30. The smallest absolute Gasteiger partial charge is 0.408 e. The van der Waals surface area contributed by atoms with E-state index < -0.39 is 12.7 Å². The fourth-order valence-corrected chi connectivity index (χ4v) is 2.54. The predicted octanol–water partition coefficient (Wildman–Crippen LogP) is 3.45. The second-order valence-electron chi connectivity index (χ2n) is 4.86. The average Bonchev–Trinajstić information content (AvgIpc) is 2.92. The van der Waals surface area contributed by atoms with Crippen LogP contribution in [0.3, 0.4) is 0 Å². The van der Waals surface area contributed by atoms with Crippen LogP contribution >= 0.6 is 11.6 Å². The van der Waals surface area contributed by atoms with Crippen LogP contribution in [0.2, 0.25) is 5.15 Å². The number of alkyl halides is 3. The van der Waals surface area contributed by atoms with Crippen molar-refractivity contribution in [3.8, 4) is 11.6 Å². The zero-order valence-electron chi connectivity index (χ0n) is 11.3. The van der Waals surface area contributed by atoms with Gasteiger partial charge >= 0.3 is 6.18 Å². The minimum Gasteiger partial charge on any atom is -0.494 e. The Hall–Kier alpha value is -2.22. The molecule has 9 heteroatoms. The molecule has 1 N–H and O–H groups in total. The molecule has 0 amide bonds. The molecule has 0 radical (unpaired) electrons. The molecule has 0 saturated heterocycles. The lowest BCUT2D eigenvalue weighted by Gasteiger charge is -2.05.